The maximum Gasteiger partial charge on any atom is 0.0358 e. The number of hydrogen-bond acceptors (Lipinski definition) is 1. The largest absolute Gasteiger partial charge is 0.135 e. The molecule has 0 saturated heterocycles. The molecule has 4 rings (SSSR count). The highest BCUT2D eigenvalue weighted by atomic mass is 32.1. The Labute approximate surface area is 137 Å². The van der Waals surface area contributed by atoms with Gasteiger partial charge in [0.25, 0.3) is 0 Å². The molecule has 114 valence electrons. The van der Waals surface area contributed by atoms with Crippen molar-refractivity contribution in [1.29, 1.82) is 0 Å². The fourth-order valence-electron chi connectivity index (χ4n) is 4.17. The van der Waals surface area contributed by atoms with Crippen LogP contribution in [0.15, 0.2) is 42.5 Å². The molecule has 1 aliphatic carbocycles. The van der Waals surface area contributed by atoms with Crippen molar-refractivity contribution < 1.29 is 0 Å². The van der Waals surface area contributed by atoms with Gasteiger partial charge in [-0.3, -0.25) is 0 Å². The average molecular weight is 308 g/mol. The lowest BCUT2D eigenvalue weighted by molar-refractivity contribution is 0.379. The summed E-state index contributed by atoms with van der Waals surface area (Å²) < 4.78 is 2.90. The molecule has 0 bridgehead atoms. The molecule has 0 nitrogen and oxygen atoms in total. The van der Waals surface area contributed by atoms with Crippen LogP contribution < -0.4 is 0 Å². The van der Waals surface area contributed by atoms with Gasteiger partial charge in [0.2, 0.25) is 0 Å². The zero-order valence-electron chi connectivity index (χ0n) is 13.3. The molecule has 1 heteroatoms. The second-order valence-electron chi connectivity index (χ2n) is 6.98. The number of hydrogen-bond donors (Lipinski definition) is 0. The highest BCUT2D eigenvalue weighted by Crippen LogP contribution is 2.41. The Balaban J connectivity index is 1.80. The highest BCUT2D eigenvalue weighted by Gasteiger charge is 2.19. The van der Waals surface area contributed by atoms with Crippen molar-refractivity contribution in [1.82, 2.24) is 0 Å². The van der Waals surface area contributed by atoms with Crippen molar-refractivity contribution in [2.45, 2.75) is 51.4 Å². The van der Waals surface area contributed by atoms with Gasteiger partial charge in [-0.2, -0.15) is 0 Å². The Morgan fingerprint density at radius 1 is 0.818 bits per heavy atom. The first-order chi connectivity index (χ1) is 10.8. The molecular weight excluding hydrogens is 284 g/mol. The zero-order chi connectivity index (χ0) is 14.9. The van der Waals surface area contributed by atoms with E-state index in [-0.39, 0.29) is 0 Å². The van der Waals surface area contributed by atoms with E-state index in [0.717, 1.165) is 11.8 Å². The molecule has 22 heavy (non-hydrogen) atoms. The van der Waals surface area contributed by atoms with Gasteiger partial charge in [0, 0.05) is 20.2 Å². The van der Waals surface area contributed by atoms with Crippen LogP contribution in [0.2, 0.25) is 0 Å². The summed E-state index contributed by atoms with van der Waals surface area (Å²) in [4.78, 5) is 0. The first-order valence-corrected chi connectivity index (χ1v) is 9.55. The summed E-state index contributed by atoms with van der Waals surface area (Å²) in [6, 6.07) is 15.9. The molecule has 0 spiro atoms. The van der Waals surface area contributed by atoms with Crippen molar-refractivity contribution in [2.24, 2.45) is 5.92 Å². The molecular formula is C21H24S. The first kappa shape index (κ1) is 14.3. The topological polar surface area (TPSA) is 0 Å². The molecule has 1 heterocycles. The fraction of sp³-hybridized carbons (Fsp3) is 0.429. The Bertz CT molecular complexity index is 773. The number of benzene rings is 2. The molecule has 0 atom stereocenters. The summed E-state index contributed by atoms with van der Waals surface area (Å²) >= 11 is 1.95. The van der Waals surface area contributed by atoms with Crippen LogP contribution in [-0.4, -0.2) is 0 Å². The SMILES string of the molecule is CC1CCCC(c2cccc3sc4ccccc4c23)CCC1. The minimum absolute atomic E-state index is 0.759. The smallest absolute Gasteiger partial charge is 0.0358 e. The second-order valence-corrected chi connectivity index (χ2v) is 8.07. The quantitative estimate of drug-likeness (QED) is 0.448. The van der Waals surface area contributed by atoms with E-state index in [1.165, 1.54) is 53.3 Å². The van der Waals surface area contributed by atoms with E-state index in [9.17, 15) is 0 Å². The molecule has 0 unspecified atom stereocenters. The summed E-state index contributed by atoms with van der Waals surface area (Å²) in [7, 11) is 0. The van der Waals surface area contributed by atoms with Crippen LogP contribution >= 0.6 is 11.3 Å². The lowest BCUT2D eigenvalue weighted by Crippen LogP contribution is -2.06. The molecule has 2 aromatic carbocycles. The normalized spacial score (nSPS) is 23.5. The van der Waals surface area contributed by atoms with Gasteiger partial charge in [-0.25, -0.2) is 0 Å². The van der Waals surface area contributed by atoms with Crippen LogP contribution in [0.1, 0.15) is 56.9 Å². The lowest BCUT2D eigenvalue weighted by atomic mass is 9.82. The van der Waals surface area contributed by atoms with Gasteiger partial charge >= 0.3 is 0 Å². The van der Waals surface area contributed by atoms with Crippen molar-refractivity contribution in [3.8, 4) is 0 Å². The predicted molar refractivity (Wildman–Crippen MR) is 98.9 cm³/mol. The van der Waals surface area contributed by atoms with Gasteiger partial charge in [-0.1, -0.05) is 62.9 Å². The van der Waals surface area contributed by atoms with Crippen molar-refractivity contribution >= 4 is 31.5 Å². The fourth-order valence-corrected chi connectivity index (χ4v) is 5.31. The van der Waals surface area contributed by atoms with E-state index in [1.54, 1.807) is 10.9 Å². The molecule has 0 aliphatic heterocycles. The number of thiophene rings is 1. The average Bonchev–Trinajstić information content (AvgIpc) is 2.89. The van der Waals surface area contributed by atoms with E-state index in [1.807, 2.05) is 11.3 Å². The monoisotopic (exact) mass is 308 g/mol. The standard InChI is InChI=1S/C21H24S/c1-15-7-4-9-16(10-5-8-15)17-12-6-14-20-21(17)18-11-2-3-13-19(18)22-20/h2-3,6,11-16H,4-5,7-10H2,1H3. The van der Waals surface area contributed by atoms with Gasteiger partial charge in [-0.05, 0) is 42.4 Å². The summed E-state index contributed by atoms with van der Waals surface area (Å²) in [6.45, 7) is 2.42. The summed E-state index contributed by atoms with van der Waals surface area (Å²) in [6.07, 6.45) is 8.35. The van der Waals surface area contributed by atoms with Gasteiger partial charge in [0.15, 0.2) is 0 Å². The molecule has 0 N–H and O–H groups in total. The van der Waals surface area contributed by atoms with E-state index < -0.39 is 0 Å². The molecule has 1 saturated carbocycles. The Morgan fingerprint density at radius 2 is 1.55 bits per heavy atom. The Hall–Kier alpha value is -1.34. The van der Waals surface area contributed by atoms with Gasteiger partial charge in [0.05, 0.1) is 0 Å². The first-order valence-electron chi connectivity index (χ1n) is 8.73. The molecule has 0 radical (unpaired) electrons. The van der Waals surface area contributed by atoms with E-state index in [0.29, 0.717) is 0 Å². The van der Waals surface area contributed by atoms with Gasteiger partial charge in [0.1, 0.15) is 0 Å². The van der Waals surface area contributed by atoms with Crippen molar-refractivity contribution in [3.05, 3.63) is 48.0 Å². The zero-order valence-corrected chi connectivity index (χ0v) is 14.2. The van der Waals surface area contributed by atoms with Gasteiger partial charge < -0.3 is 0 Å². The van der Waals surface area contributed by atoms with Gasteiger partial charge in [-0.15, -0.1) is 11.3 Å². The van der Waals surface area contributed by atoms with Crippen LogP contribution in [0.4, 0.5) is 0 Å². The molecule has 1 fully saturated rings. The third kappa shape index (κ3) is 2.56. The van der Waals surface area contributed by atoms with Crippen molar-refractivity contribution in [3.63, 3.8) is 0 Å². The van der Waals surface area contributed by atoms with E-state index in [4.69, 9.17) is 0 Å². The van der Waals surface area contributed by atoms with Crippen LogP contribution in [0.25, 0.3) is 20.2 Å². The molecule has 1 aliphatic rings. The Kier molecular flexibility index (Phi) is 3.92. The highest BCUT2D eigenvalue weighted by molar-refractivity contribution is 7.25. The van der Waals surface area contributed by atoms with Crippen LogP contribution in [0, 0.1) is 5.92 Å². The Morgan fingerprint density at radius 3 is 2.36 bits per heavy atom. The van der Waals surface area contributed by atoms with Crippen molar-refractivity contribution in [2.75, 3.05) is 0 Å². The van der Waals surface area contributed by atoms with E-state index in [2.05, 4.69) is 49.4 Å². The second kappa shape index (κ2) is 6.04. The minimum atomic E-state index is 0.759. The summed E-state index contributed by atoms with van der Waals surface area (Å²) in [5.74, 6) is 1.69. The van der Waals surface area contributed by atoms with Crippen LogP contribution in [-0.2, 0) is 0 Å². The van der Waals surface area contributed by atoms with Crippen LogP contribution in [0.3, 0.4) is 0 Å². The molecule has 1 aromatic heterocycles. The molecule has 3 aromatic rings. The van der Waals surface area contributed by atoms with E-state index >= 15 is 0 Å². The maximum atomic E-state index is 2.42. The summed E-state index contributed by atoms with van der Waals surface area (Å²) in [5.41, 5.74) is 1.62. The predicted octanol–water partition coefficient (Wildman–Crippen LogP) is 7.13. The van der Waals surface area contributed by atoms with Crippen LogP contribution in [0.5, 0.6) is 0 Å². The maximum absolute atomic E-state index is 2.42. The lowest BCUT2D eigenvalue weighted by Gasteiger charge is -2.23. The third-order valence-corrected chi connectivity index (χ3v) is 6.51. The third-order valence-electron chi connectivity index (χ3n) is 5.37. The number of fused-ring (bicyclic) bond motifs is 3. The minimum Gasteiger partial charge on any atom is -0.135 e. The summed E-state index contributed by atoms with van der Waals surface area (Å²) in [5, 5.41) is 3.01. The number of rotatable bonds is 1. The molecule has 0 amide bonds.